The minimum Gasteiger partial charge on any atom is -0.497 e. The van der Waals surface area contributed by atoms with Crippen molar-refractivity contribution in [2.24, 2.45) is 5.10 Å². The van der Waals surface area contributed by atoms with E-state index >= 15 is 0 Å². The van der Waals surface area contributed by atoms with Gasteiger partial charge in [-0.2, -0.15) is 10.2 Å². The van der Waals surface area contributed by atoms with Crippen LogP contribution in [-0.4, -0.2) is 29.4 Å². The van der Waals surface area contributed by atoms with E-state index in [0.717, 1.165) is 16.9 Å². The summed E-state index contributed by atoms with van der Waals surface area (Å²) in [6.07, 6.45) is 1.55. The van der Waals surface area contributed by atoms with Crippen LogP contribution in [0.1, 0.15) is 16.1 Å². The van der Waals surface area contributed by atoms with Crippen LogP contribution in [0.25, 0.3) is 11.3 Å². The van der Waals surface area contributed by atoms with Gasteiger partial charge in [0.25, 0.3) is 5.91 Å². The van der Waals surface area contributed by atoms with Crippen molar-refractivity contribution >= 4 is 23.7 Å². The number of hydrazone groups is 1. The third kappa shape index (κ3) is 4.24. The number of ether oxygens (including phenoxy) is 1. The van der Waals surface area contributed by atoms with Crippen LogP contribution in [-0.2, 0) is 0 Å². The highest BCUT2D eigenvalue weighted by Crippen LogP contribution is 2.20. The van der Waals surface area contributed by atoms with Crippen molar-refractivity contribution in [3.05, 3.63) is 70.9 Å². The number of carbonyl (C=O) groups is 1. The first-order valence-corrected chi connectivity index (χ1v) is 7.82. The van der Waals surface area contributed by atoms with E-state index in [-0.39, 0.29) is 5.91 Å². The number of hydrogen-bond acceptors (Lipinski definition) is 4. The number of hydrogen-bond donors (Lipinski definition) is 2. The van der Waals surface area contributed by atoms with Gasteiger partial charge < -0.3 is 4.74 Å². The van der Waals surface area contributed by atoms with Crippen LogP contribution >= 0.6 is 11.6 Å². The van der Waals surface area contributed by atoms with E-state index < -0.39 is 0 Å². The van der Waals surface area contributed by atoms with Crippen LogP contribution in [0.4, 0.5) is 0 Å². The maximum Gasteiger partial charge on any atom is 0.289 e. The summed E-state index contributed by atoms with van der Waals surface area (Å²) in [5.41, 5.74) is 5.13. The zero-order valence-corrected chi connectivity index (χ0v) is 14.1. The summed E-state index contributed by atoms with van der Waals surface area (Å²) in [7, 11) is 1.60. The lowest BCUT2D eigenvalue weighted by Crippen LogP contribution is -2.17. The van der Waals surface area contributed by atoms with Crippen molar-refractivity contribution in [1.82, 2.24) is 15.6 Å². The number of methoxy groups -OCH3 is 1. The van der Waals surface area contributed by atoms with Gasteiger partial charge in [0.05, 0.1) is 19.0 Å². The van der Waals surface area contributed by atoms with Gasteiger partial charge in [-0.25, -0.2) is 5.43 Å². The molecule has 2 N–H and O–H groups in total. The van der Waals surface area contributed by atoms with Crippen molar-refractivity contribution in [2.75, 3.05) is 7.11 Å². The number of H-pyrrole nitrogens is 1. The summed E-state index contributed by atoms with van der Waals surface area (Å²) >= 11 is 5.86. The molecule has 0 fully saturated rings. The van der Waals surface area contributed by atoms with Gasteiger partial charge in [0.15, 0.2) is 0 Å². The molecule has 3 aromatic rings. The van der Waals surface area contributed by atoms with E-state index in [2.05, 4.69) is 20.7 Å². The fourth-order valence-corrected chi connectivity index (χ4v) is 2.25. The fraction of sp³-hybridized carbons (Fsp3) is 0.0556. The smallest absolute Gasteiger partial charge is 0.289 e. The van der Waals surface area contributed by atoms with Gasteiger partial charge in [-0.15, -0.1) is 0 Å². The van der Waals surface area contributed by atoms with Gasteiger partial charge >= 0.3 is 0 Å². The number of rotatable bonds is 5. The Hall–Kier alpha value is -3.12. The van der Waals surface area contributed by atoms with E-state index in [9.17, 15) is 4.79 Å². The minimum atomic E-state index is -0.377. The Kier molecular flexibility index (Phi) is 5.11. The minimum absolute atomic E-state index is 0.317. The molecule has 0 radical (unpaired) electrons. The summed E-state index contributed by atoms with van der Waals surface area (Å²) in [4.78, 5) is 12.1. The van der Waals surface area contributed by atoms with Crippen LogP contribution in [0.15, 0.2) is 59.7 Å². The number of aromatic amines is 1. The van der Waals surface area contributed by atoms with E-state index in [0.29, 0.717) is 16.4 Å². The number of nitrogens with one attached hydrogen (secondary N) is 2. The normalized spacial score (nSPS) is 10.8. The molecule has 3 rings (SSSR count). The Bertz CT molecular complexity index is 886. The highest BCUT2D eigenvalue weighted by molar-refractivity contribution is 6.30. The molecule has 0 saturated heterocycles. The molecule has 25 heavy (non-hydrogen) atoms. The number of aromatic nitrogens is 2. The molecular weight excluding hydrogens is 340 g/mol. The second-order valence-corrected chi connectivity index (χ2v) is 5.58. The Morgan fingerprint density at radius 3 is 2.60 bits per heavy atom. The first-order valence-electron chi connectivity index (χ1n) is 7.44. The third-order valence-electron chi connectivity index (χ3n) is 3.46. The summed E-state index contributed by atoms with van der Waals surface area (Å²) in [5, 5.41) is 11.4. The van der Waals surface area contributed by atoms with Crippen LogP contribution in [0.2, 0.25) is 5.02 Å². The summed E-state index contributed by atoms with van der Waals surface area (Å²) < 4.78 is 5.08. The van der Waals surface area contributed by atoms with Crippen LogP contribution in [0.5, 0.6) is 5.75 Å². The topological polar surface area (TPSA) is 79.4 Å². The highest BCUT2D eigenvalue weighted by atomic mass is 35.5. The molecule has 0 saturated carbocycles. The summed E-state index contributed by atoms with van der Waals surface area (Å²) in [6, 6.07) is 16.2. The van der Waals surface area contributed by atoms with Gasteiger partial charge in [0.1, 0.15) is 11.4 Å². The molecule has 0 aliphatic heterocycles. The first-order chi connectivity index (χ1) is 12.2. The second-order valence-electron chi connectivity index (χ2n) is 5.15. The number of halogens is 1. The summed E-state index contributed by atoms with van der Waals surface area (Å²) in [6.45, 7) is 0. The van der Waals surface area contributed by atoms with Crippen molar-refractivity contribution in [3.8, 4) is 17.0 Å². The second kappa shape index (κ2) is 7.63. The highest BCUT2D eigenvalue weighted by Gasteiger charge is 2.10. The van der Waals surface area contributed by atoms with E-state index in [4.69, 9.17) is 16.3 Å². The Balaban J connectivity index is 1.63. The monoisotopic (exact) mass is 354 g/mol. The Morgan fingerprint density at radius 2 is 1.92 bits per heavy atom. The molecule has 0 aliphatic rings. The van der Waals surface area contributed by atoms with Crippen LogP contribution in [0, 0.1) is 0 Å². The zero-order valence-electron chi connectivity index (χ0n) is 13.4. The predicted molar refractivity (Wildman–Crippen MR) is 97.1 cm³/mol. The zero-order chi connectivity index (χ0) is 17.6. The molecule has 0 unspecified atom stereocenters. The third-order valence-corrected chi connectivity index (χ3v) is 3.71. The molecule has 0 bridgehead atoms. The lowest BCUT2D eigenvalue weighted by Gasteiger charge is -1.99. The Morgan fingerprint density at radius 1 is 1.20 bits per heavy atom. The van der Waals surface area contributed by atoms with E-state index in [1.807, 2.05) is 36.4 Å². The first kappa shape index (κ1) is 16.7. The van der Waals surface area contributed by atoms with Crippen LogP contribution in [0.3, 0.4) is 0 Å². The maximum atomic E-state index is 12.1. The van der Waals surface area contributed by atoms with E-state index in [1.165, 1.54) is 0 Å². The predicted octanol–water partition coefficient (Wildman–Crippen LogP) is 3.50. The van der Waals surface area contributed by atoms with Crippen molar-refractivity contribution in [1.29, 1.82) is 0 Å². The van der Waals surface area contributed by atoms with Gasteiger partial charge in [0.2, 0.25) is 0 Å². The van der Waals surface area contributed by atoms with Gasteiger partial charge in [-0.05, 0) is 48.0 Å². The quantitative estimate of drug-likeness (QED) is 0.543. The summed E-state index contributed by atoms with van der Waals surface area (Å²) in [5.74, 6) is 0.380. The molecule has 0 spiro atoms. The molecule has 126 valence electrons. The van der Waals surface area contributed by atoms with Gasteiger partial charge in [0, 0.05) is 10.6 Å². The number of amides is 1. The average Bonchev–Trinajstić information content (AvgIpc) is 3.13. The molecule has 6 nitrogen and oxygen atoms in total. The molecule has 0 aliphatic carbocycles. The van der Waals surface area contributed by atoms with Crippen LogP contribution < -0.4 is 10.2 Å². The van der Waals surface area contributed by atoms with Crippen molar-refractivity contribution in [3.63, 3.8) is 0 Å². The fourth-order valence-electron chi connectivity index (χ4n) is 2.12. The van der Waals surface area contributed by atoms with Crippen molar-refractivity contribution in [2.45, 2.75) is 0 Å². The average molecular weight is 355 g/mol. The molecule has 0 atom stereocenters. The standard InChI is InChI=1S/C18H15ClN4O2/c1-25-15-8-2-12(3-9-15)11-20-23-18(24)17-10-16(21-22-17)13-4-6-14(19)7-5-13/h2-11H,1H3,(H,21,22)(H,23,24)/b20-11-. The molecule has 1 amide bonds. The number of carbonyl (C=O) groups excluding carboxylic acids is 1. The lowest BCUT2D eigenvalue weighted by atomic mass is 10.1. The lowest BCUT2D eigenvalue weighted by molar-refractivity contribution is 0.0950. The maximum absolute atomic E-state index is 12.1. The Labute approximate surface area is 149 Å². The van der Waals surface area contributed by atoms with E-state index in [1.54, 1.807) is 31.5 Å². The number of nitrogens with zero attached hydrogens (tertiary/aromatic N) is 2. The largest absolute Gasteiger partial charge is 0.497 e. The molecule has 7 heteroatoms. The molecule has 1 aromatic heterocycles. The number of benzene rings is 2. The van der Waals surface area contributed by atoms with Gasteiger partial charge in [-0.3, -0.25) is 9.89 Å². The van der Waals surface area contributed by atoms with Crippen molar-refractivity contribution < 1.29 is 9.53 Å². The SMILES string of the molecule is COc1ccc(/C=N\NC(=O)c2cc(-c3ccc(Cl)cc3)n[nH]2)cc1. The molecule has 1 heterocycles. The van der Waals surface area contributed by atoms with Gasteiger partial charge in [-0.1, -0.05) is 23.7 Å². The molecule has 2 aromatic carbocycles. The molecular formula is C18H15ClN4O2.